The molecule has 3 amide bonds. The van der Waals surface area contributed by atoms with E-state index in [9.17, 15) is 18.8 Å². The zero-order chi connectivity index (χ0) is 19.9. The molecular formula is C20H18FN3O3S. The Bertz CT molecular complexity index is 901. The minimum Gasteiger partial charge on any atom is -0.352 e. The van der Waals surface area contributed by atoms with Gasteiger partial charge < -0.3 is 10.6 Å². The Labute approximate surface area is 165 Å². The number of nitrogens with one attached hydrogen (secondary N) is 2. The van der Waals surface area contributed by atoms with Crippen LogP contribution < -0.4 is 10.6 Å². The van der Waals surface area contributed by atoms with Crippen LogP contribution in [0.4, 0.5) is 10.1 Å². The SMILES string of the molecule is O=C(CC1=NC(=O)[C@@H](CC(=O)Nc2ccc(F)cc2)S1)NCc1ccccc1. The van der Waals surface area contributed by atoms with E-state index >= 15 is 0 Å². The zero-order valence-electron chi connectivity index (χ0n) is 14.9. The van der Waals surface area contributed by atoms with Crippen molar-refractivity contribution in [2.24, 2.45) is 4.99 Å². The first-order valence-electron chi connectivity index (χ1n) is 8.64. The van der Waals surface area contributed by atoms with Crippen molar-refractivity contribution in [1.29, 1.82) is 0 Å². The Morgan fingerprint density at radius 2 is 1.75 bits per heavy atom. The maximum absolute atomic E-state index is 12.9. The standard InChI is InChI=1S/C20H18FN3O3S/c21-14-6-8-15(9-7-14)23-18(26)10-16-20(27)24-19(28-16)11-17(25)22-12-13-4-2-1-3-5-13/h1-9,16H,10-12H2,(H,22,25)(H,23,26)/t16-/m1/s1. The number of thioether (sulfide) groups is 1. The monoisotopic (exact) mass is 399 g/mol. The molecule has 1 heterocycles. The number of benzene rings is 2. The first-order chi connectivity index (χ1) is 13.5. The van der Waals surface area contributed by atoms with E-state index in [0.717, 1.165) is 17.3 Å². The minimum absolute atomic E-state index is 0.000673. The normalized spacial score (nSPS) is 15.8. The summed E-state index contributed by atoms with van der Waals surface area (Å²) in [5, 5.41) is 5.13. The second-order valence-corrected chi connectivity index (χ2v) is 7.42. The molecule has 0 aromatic heterocycles. The second-order valence-electron chi connectivity index (χ2n) is 6.15. The lowest BCUT2D eigenvalue weighted by Gasteiger charge is -2.08. The number of amides is 3. The highest BCUT2D eigenvalue weighted by molar-refractivity contribution is 8.15. The number of nitrogens with zero attached hydrogens (tertiary/aromatic N) is 1. The van der Waals surface area contributed by atoms with Crippen LogP contribution >= 0.6 is 11.8 Å². The molecule has 2 aromatic rings. The lowest BCUT2D eigenvalue weighted by atomic mass is 10.2. The summed E-state index contributed by atoms with van der Waals surface area (Å²) in [5.74, 6) is -1.44. The van der Waals surface area contributed by atoms with Gasteiger partial charge in [-0.25, -0.2) is 9.38 Å². The number of carbonyl (C=O) groups excluding carboxylic acids is 3. The average Bonchev–Trinajstić information content (AvgIpc) is 3.01. The van der Waals surface area contributed by atoms with Gasteiger partial charge in [0, 0.05) is 18.7 Å². The molecule has 0 saturated heterocycles. The number of halogens is 1. The number of hydrogen-bond donors (Lipinski definition) is 2. The van der Waals surface area contributed by atoms with Gasteiger partial charge in [-0.05, 0) is 29.8 Å². The van der Waals surface area contributed by atoms with Crippen LogP contribution in [-0.2, 0) is 20.9 Å². The molecule has 2 aromatic carbocycles. The Kier molecular flexibility index (Phi) is 6.54. The lowest BCUT2D eigenvalue weighted by molar-refractivity contribution is -0.121. The summed E-state index contributed by atoms with van der Waals surface area (Å²) in [7, 11) is 0. The molecule has 0 aliphatic carbocycles. The molecule has 6 nitrogen and oxygen atoms in total. The third kappa shape index (κ3) is 5.75. The van der Waals surface area contributed by atoms with Crippen LogP contribution in [0.5, 0.6) is 0 Å². The second kappa shape index (κ2) is 9.27. The fraction of sp³-hybridized carbons (Fsp3) is 0.200. The van der Waals surface area contributed by atoms with E-state index in [-0.39, 0.29) is 24.7 Å². The molecular weight excluding hydrogens is 381 g/mol. The molecule has 1 aliphatic rings. The van der Waals surface area contributed by atoms with Crippen molar-refractivity contribution < 1.29 is 18.8 Å². The van der Waals surface area contributed by atoms with Gasteiger partial charge >= 0.3 is 0 Å². The van der Waals surface area contributed by atoms with Gasteiger partial charge in [-0.15, -0.1) is 0 Å². The number of rotatable bonds is 7. The highest BCUT2D eigenvalue weighted by Gasteiger charge is 2.31. The van der Waals surface area contributed by atoms with Crippen molar-refractivity contribution in [1.82, 2.24) is 5.32 Å². The number of anilines is 1. The van der Waals surface area contributed by atoms with Gasteiger partial charge in [0.05, 0.1) is 11.5 Å². The average molecular weight is 399 g/mol. The van der Waals surface area contributed by atoms with E-state index in [0.29, 0.717) is 17.3 Å². The van der Waals surface area contributed by atoms with Gasteiger partial charge in [-0.3, -0.25) is 14.4 Å². The van der Waals surface area contributed by atoms with Crippen LogP contribution in [0.25, 0.3) is 0 Å². The molecule has 3 rings (SSSR count). The molecule has 2 N–H and O–H groups in total. The molecule has 1 aliphatic heterocycles. The number of aliphatic imine (C=N–C) groups is 1. The predicted molar refractivity (Wildman–Crippen MR) is 106 cm³/mol. The van der Waals surface area contributed by atoms with Gasteiger partial charge in [-0.2, -0.15) is 0 Å². The fourth-order valence-electron chi connectivity index (χ4n) is 2.56. The van der Waals surface area contributed by atoms with Crippen molar-refractivity contribution in [3.8, 4) is 0 Å². The van der Waals surface area contributed by atoms with Crippen LogP contribution in [0.15, 0.2) is 59.6 Å². The van der Waals surface area contributed by atoms with Crippen LogP contribution in [0, 0.1) is 5.82 Å². The lowest BCUT2D eigenvalue weighted by Crippen LogP contribution is -2.24. The van der Waals surface area contributed by atoms with Gasteiger partial charge in [0.2, 0.25) is 11.8 Å². The first-order valence-corrected chi connectivity index (χ1v) is 9.51. The summed E-state index contributed by atoms with van der Waals surface area (Å²) in [5.41, 5.74) is 1.42. The molecule has 0 unspecified atom stereocenters. The third-order valence-corrected chi connectivity index (χ3v) is 5.09. The van der Waals surface area contributed by atoms with Crippen molar-refractivity contribution >= 4 is 40.2 Å². The molecule has 8 heteroatoms. The molecule has 144 valence electrons. The number of hydrogen-bond acceptors (Lipinski definition) is 4. The molecule has 0 bridgehead atoms. The molecule has 1 atom stereocenters. The van der Waals surface area contributed by atoms with E-state index in [1.807, 2.05) is 30.3 Å². The fourth-order valence-corrected chi connectivity index (χ4v) is 3.63. The van der Waals surface area contributed by atoms with Gasteiger partial charge in [0.15, 0.2) is 0 Å². The third-order valence-electron chi connectivity index (χ3n) is 3.93. The van der Waals surface area contributed by atoms with E-state index in [1.54, 1.807) is 0 Å². The van der Waals surface area contributed by atoms with Gasteiger partial charge in [0.1, 0.15) is 11.1 Å². The summed E-state index contributed by atoms with van der Waals surface area (Å²) >= 11 is 1.13. The van der Waals surface area contributed by atoms with Crippen molar-refractivity contribution in [3.63, 3.8) is 0 Å². The summed E-state index contributed by atoms with van der Waals surface area (Å²) in [6.07, 6.45) is -0.0706. The van der Waals surface area contributed by atoms with E-state index in [4.69, 9.17) is 0 Å². The van der Waals surface area contributed by atoms with Crippen LogP contribution in [0.1, 0.15) is 18.4 Å². The van der Waals surface area contributed by atoms with Crippen molar-refractivity contribution in [3.05, 3.63) is 66.0 Å². The van der Waals surface area contributed by atoms with Crippen LogP contribution in [0.2, 0.25) is 0 Å². The smallest absolute Gasteiger partial charge is 0.260 e. The summed E-state index contributed by atoms with van der Waals surface area (Å²) in [6.45, 7) is 0.398. The Morgan fingerprint density at radius 3 is 2.46 bits per heavy atom. The van der Waals surface area contributed by atoms with Crippen LogP contribution in [-0.4, -0.2) is 28.0 Å². The number of carbonyl (C=O) groups is 3. The van der Waals surface area contributed by atoms with Crippen molar-refractivity contribution in [2.45, 2.75) is 24.6 Å². The molecule has 0 radical (unpaired) electrons. The first kappa shape index (κ1) is 19.8. The van der Waals surface area contributed by atoms with E-state index in [2.05, 4.69) is 15.6 Å². The maximum atomic E-state index is 12.9. The Hall–Kier alpha value is -3.00. The predicted octanol–water partition coefficient (Wildman–Crippen LogP) is 2.90. The van der Waals surface area contributed by atoms with Gasteiger partial charge in [-0.1, -0.05) is 42.1 Å². The summed E-state index contributed by atoms with van der Waals surface area (Å²) in [4.78, 5) is 40.0. The molecule has 0 saturated carbocycles. The van der Waals surface area contributed by atoms with Crippen LogP contribution in [0.3, 0.4) is 0 Å². The largest absolute Gasteiger partial charge is 0.352 e. The maximum Gasteiger partial charge on any atom is 0.260 e. The molecule has 28 heavy (non-hydrogen) atoms. The Balaban J connectivity index is 1.44. The van der Waals surface area contributed by atoms with E-state index in [1.165, 1.54) is 24.3 Å². The quantitative estimate of drug-likeness (QED) is 0.749. The topological polar surface area (TPSA) is 87.6 Å². The summed E-state index contributed by atoms with van der Waals surface area (Å²) < 4.78 is 12.9. The van der Waals surface area contributed by atoms with Gasteiger partial charge in [0.25, 0.3) is 5.91 Å². The van der Waals surface area contributed by atoms with E-state index < -0.39 is 17.0 Å². The van der Waals surface area contributed by atoms with Crippen molar-refractivity contribution in [2.75, 3.05) is 5.32 Å². The minimum atomic E-state index is -0.655. The highest BCUT2D eigenvalue weighted by atomic mass is 32.2. The zero-order valence-corrected chi connectivity index (χ0v) is 15.7. The molecule has 0 spiro atoms. The Morgan fingerprint density at radius 1 is 1.04 bits per heavy atom. The summed E-state index contributed by atoms with van der Waals surface area (Å²) in [6, 6.07) is 14.8. The molecule has 0 fully saturated rings. The highest BCUT2D eigenvalue weighted by Crippen LogP contribution is 2.27.